The molecule has 8 heteroatoms. The number of thiophene rings is 1. The van der Waals surface area contributed by atoms with Crippen LogP contribution in [-0.2, 0) is 0 Å². The zero-order valence-corrected chi connectivity index (χ0v) is 14.2. The number of carbonyl (C=O) groups is 1. The lowest BCUT2D eigenvalue weighted by molar-refractivity contribution is 0.0936. The van der Waals surface area contributed by atoms with E-state index in [-0.39, 0.29) is 11.9 Å². The average Bonchev–Trinajstić information content (AvgIpc) is 3.32. The summed E-state index contributed by atoms with van der Waals surface area (Å²) >= 11 is 1.63. The number of ether oxygens (including phenoxy) is 1. The van der Waals surface area contributed by atoms with Gasteiger partial charge < -0.3 is 10.1 Å². The second-order valence-electron chi connectivity index (χ2n) is 5.09. The van der Waals surface area contributed by atoms with Crippen molar-refractivity contribution in [2.45, 2.75) is 19.4 Å². The first kappa shape index (κ1) is 16.1. The van der Waals surface area contributed by atoms with Crippen molar-refractivity contribution in [3.8, 4) is 11.4 Å². The van der Waals surface area contributed by atoms with Crippen molar-refractivity contribution in [3.63, 3.8) is 0 Å². The molecule has 3 rings (SSSR count). The highest BCUT2D eigenvalue weighted by atomic mass is 32.1. The molecular formula is C16H17N5O2S. The SMILES string of the molecule is CC[C@@H](NC(=O)c1ccc(OC)c(-n2cnnn2)c1)c1cccs1. The number of nitrogens with zero attached hydrogens (tertiary/aromatic N) is 4. The van der Waals surface area contributed by atoms with Crippen LogP contribution in [0.2, 0.25) is 0 Å². The van der Waals surface area contributed by atoms with E-state index in [2.05, 4.69) is 20.8 Å². The number of aromatic nitrogens is 4. The number of benzene rings is 1. The molecule has 1 aromatic carbocycles. The predicted octanol–water partition coefficient (Wildman–Crippen LogP) is 2.61. The Labute approximate surface area is 143 Å². The molecule has 2 aromatic heterocycles. The molecule has 3 aromatic rings. The molecule has 0 spiro atoms. The fourth-order valence-electron chi connectivity index (χ4n) is 2.39. The fraction of sp³-hybridized carbons (Fsp3) is 0.250. The molecule has 0 aliphatic heterocycles. The third-order valence-electron chi connectivity index (χ3n) is 3.64. The zero-order valence-electron chi connectivity index (χ0n) is 13.3. The average molecular weight is 343 g/mol. The van der Waals surface area contributed by atoms with Crippen molar-refractivity contribution in [2.24, 2.45) is 0 Å². The van der Waals surface area contributed by atoms with Gasteiger partial charge in [0.05, 0.1) is 13.2 Å². The van der Waals surface area contributed by atoms with Gasteiger partial charge >= 0.3 is 0 Å². The minimum absolute atomic E-state index is 0.00362. The maximum atomic E-state index is 12.6. The van der Waals surface area contributed by atoms with E-state index in [0.717, 1.165) is 11.3 Å². The molecule has 0 bridgehead atoms. The second kappa shape index (κ2) is 7.22. The van der Waals surface area contributed by atoms with Crippen LogP contribution in [0.25, 0.3) is 5.69 Å². The molecule has 7 nitrogen and oxygen atoms in total. The van der Waals surface area contributed by atoms with Gasteiger partial charge in [0.15, 0.2) is 0 Å². The van der Waals surface area contributed by atoms with Gasteiger partial charge in [-0.2, -0.15) is 4.68 Å². The summed E-state index contributed by atoms with van der Waals surface area (Å²) in [6, 6.07) is 9.18. The maximum Gasteiger partial charge on any atom is 0.251 e. The van der Waals surface area contributed by atoms with Gasteiger partial charge in [0.25, 0.3) is 5.91 Å². The van der Waals surface area contributed by atoms with E-state index in [0.29, 0.717) is 17.0 Å². The van der Waals surface area contributed by atoms with E-state index in [9.17, 15) is 4.79 Å². The number of amides is 1. The van der Waals surface area contributed by atoms with Gasteiger partial charge in [-0.05, 0) is 46.5 Å². The number of tetrazole rings is 1. The highest BCUT2D eigenvalue weighted by Crippen LogP contribution is 2.25. The van der Waals surface area contributed by atoms with Gasteiger partial charge in [-0.15, -0.1) is 16.4 Å². The van der Waals surface area contributed by atoms with Crippen LogP contribution in [0.1, 0.15) is 34.6 Å². The first-order valence-corrected chi connectivity index (χ1v) is 8.36. The van der Waals surface area contributed by atoms with Crippen LogP contribution in [0.3, 0.4) is 0 Å². The summed E-state index contributed by atoms with van der Waals surface area (Å²) in [5, 5.41) is 16.2. The highest BCUT2D eigenvalue weighted by Gasteiger charge is 2.17. The zero-order chi connectivity index (χ0) is 16.9. The Hall–Kier alpha value is -2.74. The molecule has 0 aliphatic rings. The molecule has 0 saturated heterocycles. The summed E-state index contributed by atoms with van der Waals surface area (Å²) in [6.45, 7) is 2.05. The summed E-state index contributed by atoms with van der Waals surface area (Å²) in [5.41, 5.74) is 1.13. The van der Waals surface area contributed by atoms with E-state index >= 15 is 0 Å². The maximum absolute atomic E-state index is 12.6. The standard InChI is InChI=1S/C16H17N5O2S/c1-3-12(15-5-4-8-24-15)18-16(22)11-6-7-14(23-2)13(9-11)21-10-17-19-20-21/h4-10,12H,3H2,1-2H3,(H,18,22)/t12-/m1/s1. The van der Waals surface area contributed by atoms with Crippen molar-refractivity contribution in [3.05, 3.63) is 52.5 Å². The molecule has 0 aliphatic carbocycles. The van der Waals surface area contributed by atoms with Gasteiger partial charge in [0.2, 0.25) is 0 Å². The van der Waals surface area contributed by atoms with E-state index in [1.807, 2.05) is 24.4 Å². The van der Waals surface area contributed by atoms with Gasteiger partial charge in [-0.3, -0.25) is 4.79 Å². The third-order valence-corrected chi connectivity index (χ3v) is 4.62. The predicted molar refractivity (Wildman–Crippen MR) is 90.5 cm³/mol. The summed E-state index contributed by atoms with van der Waals surface area (Å²) in [4.78, 5) is 13.8. The Bertz CT molecular complexity index is 802. The molecule has 0 unspecified atom stereocenters. The number of carbonyl (C=O) groups excluding carboxylic acids is 1. The lowest BCUT2D eigenvalue weighted by atomic mass is 10.1. The van der Waals surface area contributed by atoms with Gasteiger partial charge in [0.1, 0.15) is 17.8 Å². The summed E-state index contributed by atoms with van der Waals surface area (Å²) < 4.78 is 6.78. The third kappa shape index (κ3) is 3.28. The van der Waals surface area contributed by atoms with Crippen LogP contribution in [0, 0.1) is 0 Å². The number of rotatable bonds is 6. The van der Waals surface area contributed by atoms with Gasteiger partial charge in [0, 0.05) is 10.4 Å². The second-order valence-corrected chi connectivity index (χ2v) is 6.07. The Kier molecular flexibility index (Phi) is 4.85. The van der Waals surface area contributed by atoms with Crippen molar-refractivity contribution in [2.75, 3.05) is 7.11 Å². The monoisotopic (exact) mass is 343 g/mol. The number of methoxy groups -OCH3 is 1. The quantitative estimate of drug-likeness (QED) is 0.744. The van der Waals surface area contributed by atoms with E-state index in [1.165, 1.54) is 11.0 Å². The van der Waals surface area contributed by atoms with Crippen LogP contribution < -0.4 is 10.1 Å². The molecule has 124 valence electrons. The number of nitrogens with one attached hydrogen (secondary N) is 1. The Balaban J connectivity index is 1.86. The minimum Gasteiger partial charge on any atom is -0.494 e. The van der Waals surface area contributed by atoms with Crippen molar-refractivity contribution >= 4 is 17.2 Å². The molecule has 0 saturated carbocycles. The molecule has 1 atom stereocenters. The van der Waals surface area contributed by atoms with E-state index in [4.69, 9.17) is 4.74 Å². The molecule has 2 heterocycles. The normalized spacial score (nSPS) is 11.9. The molecule has 24 heavy (non-hydrogen) atoms. The van der Waals surface area contributed by atoms with Crippen LogP contribution in [0.15, 0.2) is 42.0 Å². The van der Waals surface area contributed by atoms with Crippen molar-refractivity contribution in [1.82, 2.24) is 25.5 Å². The van der Waals surface area contributed by atoms with E-state index < -0.39 is 0 Å². The Morgan fingerprint density at radius 1 is 1.42 bits per heavy atom. The molecule has 1 amide bonds. The van der Waals surface area contributed by atoms with Crippen molar-refractivity contribution < 1.29 is 9.53 Å². The lowest BCUT2D eigenvalue weighted by Crippen LogP contribution is -2.27. The Morgan fingerprint density at radius 2 is 2.29 bits per heavy atom. The molecule has 0 radical (unpaired) electrons. The topological polar surface area (TPSA) is 81.9 Å². The number of hydrogen-bond acceptors (Lipinski definition) is 6. The van der Waals surface area contributed by atoms with Crippen LogP contribution >= 0.6 is 11.3 Å². The Morgan fingerprint density at radius 3 is 2.92 bits per heavy atom. The van der Waals surface area contributed by atoms with Gasteiger partial charge in [-0.25, -0.2) is 0 Å². The molecule has 1 N–H and O–H groups in total. The van der Waals surface area contributed by atoms with Crippen molar-refractivity contribution in [1.29, 1.82) is 0 Å². The molecule has 0 fully saturated rings. The lowest BCUT2D eigenvalue weighted by Gasteiger charge is -2.16. The van der Waals surface area contributed by atoms with Crippen LogP contribution in [0.5, 0.6) is 5.75 Å². The first-order chi connectivity index (χ1) is 11.7. The van der Waals surface area contributed by atoms with E-state index in [1.54, 1.807) is 36.6 Å². The van der Waals surface area contributed by atoms with Gasteiger partial charge in [-0.1, -0.05) is 13.0 Å². The smallest absolute Gasteiger partial charge is 0.251 e. The molecular weight excluding hydrogens is 326 g/mol. The largest absolute Gasteiger partial charge is 0.494 e. The van der Waals surface area contributed by atoms with Crippen LogP contribution in [0.4, 0.5) is 0 Å². The first-order valence-electron chi connectivity index (χ1n) is 7.48. The summed E-state index contributed by atoms with van der Waals surface area (Å²) in [7, 11) is 1.56. The number of hydrogen-bond donors (Lipinski definition) is 1. The fourth-order valence-corrected chi connectivity index (χ4v) is 3.25. The highest BCUT2D eigenvalue weighted by molar-refractivity contribution is 7.10. The summed E-state index contributed by atoms with van der Waals surface area (Å²) in [5.74, 6) is 0.441. The minimum atomic E-state index is -0.146. The summed E-state index contributed by atoms with van der Waals surface area (Å²) in [6.07, 6.45) is 2.28. The van der Waals surface area contributed by atoms with Crippen LogP contribution in [-0.4, -0.2) is 33.2 Å².